The molecule has 10 aliphatic heterocycles. The van der Waals surface area contributed by atoms with Crippen LogP contribution in [-0.2, 0) is 71.9 Å². The minimum Gasteiger partial charge on any atom is -0.480 e. The van der Waals surface area contributed by atoms with E-state index in [4.69, 9.17) is 5.11 Å². The molecule has 10 fully saturated rings. The summed E-state index contributed by atoms with van der Waals surface area (Å²) in [4.78, 5) is 215. The van der Waals surface area contributed by atoms with Gasteiger partial charge in [-0.2, -0.15) is 0 Å². The first-order valence-corrected chi connectivity index (χ1v) is 32.9. The van der Waals surface area contributed by atoms with Crippen LogP contribution >= 0.6 is 0 Å². The van der Waals surface area contributed by atoms with Gasteiger partial charge in [0.25, 0.3) is 0 Å². The van der Waals surface area contributed by atoms with Crippen molar-refractivity contribution in [1.82, 2.24) is 76.0 Å². The number of nitrogens with zero attached hydrogens (tertiary/aromatic N) is 9. The Morgan fingerprint density at radius 1 is 0.275 bits per heavy atom. The molecule has 10 saturated heterocycles. The Morgan fingerprint density at radius 3 is 0.725 bits per heavy atom. The lowest BCUT2D eigenvalue weighted by Gasteiger charge is -2.32. The summed E-state index contributed by atoms with van der Waals surface area (Å²) in [6.45, 7) is 0.866. The van der Waals surface area contributed by atoms with E-state index in [-0.39, 0.29) is 70.9 Å². The monoisotopic (exact) mass is 1270 g/mol. The van der Waals surface area contributed by atoms with E-state index in [0.717, 1.165) is 13.0 Å². The Morgan fingerprint density at radius 2 is 0.495 bits per heavy atom. The average Bonchev–Trinajstić information content (AvgIpc) is 1.99. The molecule has 0 spiro atoms. The van der Waals surface area contributed by atoms with E-state index in [1.54, 1.807) is 4.90 Å². The van der Waals surface area contributed by atoms with Crippen LogP contribution in [0.1, 0.15) is 128 Å². The predicted molar refractivity (Wildman–Crippen MR) is 316 cm³/mol. The van der Waals surface area contributed by atoms with Gasteiger partial charge in [0.2, 0.25) is 82.7 Å². The van der Waals surface area contributed by atoms with Gasteiger partial charge in [-0.25, -0.2) is 0 Å². The summed E-state index contributed by atoms with van der Waals surface area (Å²) < 4.78 is 0. The Kier molecular flexibility index (Phi) is 21.4. The first kappa shape index (κ1) is 65.9. The topological polar surface area (TPSA) is 378 Å². The van der Waals surface area contributed by atoms with Crippen molar-refractivity contribution in [3.63, 3.8) is 0 Å². The summed E-state index contributed by atoms with van der Waals surface area (Å²) in [7, 11) is 0. The van der Waals surface area contributed by atoms with Crippen LogP contribution in [-0.4, -0.2) is 296 Å². The molecule has 0 radical (unpaired) electrons. The summed E-state index contributed by atoms with van der Waals surface area (Å²) in [5.74, 6) is -7.77. The molecule has 0 aromatic carbocycles. The third-order valence-corrected chi connectivity index (χ3v) is 20.1. The quantitative estimate of drug-likeness (QED) is 0.0602. The fourth-order valence-electron chi connectivity index (χ4n) is 15.5. The minimum absolute atomic E-state index is 0.112. The molecule has 31 heteroatoms. The normalized spacial score (nSPS) is 28.0. The zero-order valence-corrected chi connectivity index (χ0v) is 51.6. The van der Waals surface area contributed by atoms with Crippen LogP contribution in [0.15, 0.2) is 0 Å². The van der Waals surface area contributed by atoms with E-state index in [2.05, 4.69) is 31.9 Å². The maximum absolute atomic E-state index is 14.3. The summed E-state index contributed by atoms with van der Waals surface area (Å²) >= 11 is 0. The molecule has 91 heavy (non-hydrogen) atoms. The van der Waals surface area contributed by atoms with Crippen molar-refractivity contribution in [3.8, 4) is 0 Å². The number of hydrogen-bond donors (Lipinski definition) is 7. The van der Waals surface area contributed by atoms with Crippen molar-refractivity contribution in [2.75, 3.05) is 98.2 Å². The van der Waals surface area contributed by atoms with E-state index < -0.39 is 163 Å². The van der Waals surface area contributed by atoms with Gasteiger partial charge in [0.15, 0.2) is 0 Å². The number of carboxylic acids is 1. The van der Waals surface area contributed by atoms with Gasteiger partial charge >= 0.3 is 5.97 Å². The van der Waals surface area contributed by atoms with Gasteiger partial charge in [0, 0.05) is 58.9 Å². The third-order valence-electron chi connectivity index (χ3n) is 20.1. The molecule has 7 N–H and O–H groups in total. The first-order chi connectivity index (χ1) is 43.8. The average molecular weight is 1270 g/mol. The summed E-state index contributed by atoms with van der Waals surface area (Å²) in [6, 6.07) is -8.20. The summed E-state index contributed by atoms with van der Waals surface area (Å²) in [5, 5.41) is 25.2. The van der Waals surface area contributed by atoms with Crippen LogP contribution in [0.5, 0.6) is 0 Å². The molecular formula is C60H87N15O16. The van der Waals surface area contributed by atoms with Crippen LogP contribution in [0.3, 0.4) is 0 Å². The molecule has 0 unspecified atom stereocenters. The molecule has 10 heterocycles. The molecular weight excluding hydrogens is 1190 g/mol. The van der Waals surface area contributed by atoms with Gasteiger partial charge in [0.1, 0.15) is 60.9 Å². The second kappa shape index (κ2) is 29.5. The van der Waals surface area contributed by atoms with Crippen LogP contribution < -0.4 is 31.9 Å². The molecule has 0 bridgehead atoms. The minimum atomic E-state index is -1.22. The van der Waals surface area contributed by atoms with E-state index in [9.17, 15) is 71.9 Å². The maximum Gasteiger partial charge on any atom is 0.322 e. The van der Waals surface area contributed by atoms with Gasteiger partial charge in [0.05, 0.1) is 32.2 Å². The fourth-order valence-corrected chi connectivity index (χ4v) is 15.5. The highest BCUT2D eigenvalue weighted by atomic mass is 16.4. The number of carbonyl (C=O) groups is 15. The van der Waals surface area contributed by atoms with Gasteiger partial charge in [-0.1, -0.05) is 0 Å². The van der Waals surface area contributed by atoms with Gasteiger partial charge < -0.3 is 81.1 Å². The van der Waals surface area contributed by atoms with Gasteiger partial charge in [-0.15, -0.1) is 0 Å². The number of aliphatic carboxylic acids is 1. The third kappa shape index (κ3) is 14.5. The summed E-state index contributed by atoms with van der Waals surface area (Å²) in [5.41, 5.74) is 0. The highest BCUT2D eigenvalue weighted by Crippen LogP contribution is 2.31. The second-order valence-electron chi connectivity index (χ2n) is 25.6. The number of hydrogen-bond acceptors (Lipinski definition) is 16. The molecule has 0 aromatic heterocycles. The molecule has 0 saturated carbocycles. The zero-order valence-electron chi connectivity index (χ0n) is 51.6. The van der Waals surface area contributed by atoms with E-state index in [1.165, 1.54) is 39.2 Å². The standard InChI is InChI=1S/C60H87N15O16/c76-46(31-62-51(82)37-12-2-26-71(37)56(87)36-11-1-21-61-36)67-22-7-17-42(67)57(88)72-27-3-13-38(72)52(83)63-32-47(77)68-23-8-18-43(68)58(89)73-28-4-14-39(73)53(84)64-33-48(78)69-24-9-19-44(69)59(90)74-29-5-15-40(74)54(85)65-34-49(79)70-25-10-20-45(70)60(91)75-30-6-16-41(75)55(86)66-35-50(80)81/h36-45,61H,1-35H2,(H,62,82)(H,63,83)(H,64,84)(H,65,85)(H,66,86)(H,80,81)/t36-,37-,38-,39-,40-,41-,42-,43-,44-,45-/m0/s1. The van der Waals surface area contributed by atoms with Gasteiger partial charge in [-0.3, -0.25) is 71.9 Å². The van der Waals surface area contributed by atoms with E-state index >= 15 is 0 Å². The predicted octanol–water partition coefficient (Wildman–Crippen LogP) is -4.68. The van der Waals surface area contributed by atoms with Crippen LogP contribution in [0, 0.1) is 0 Å². The number of rotatable bonds is 20. The Balaban J connectivity index is 0.654. The molecule has 10 rings (SSSR count). The van der Waals surface area contributed by atoms with Crippen LogP contribution in [0.25, 0.3) is 0 Å². The lowest BCUT2D eigenvalue weighted by Crippen LogP contribution is -2.57. The molecule has 0 aliphatic carbocycles. The highest BCUT2D eigenvalue weighted by molar-refractivity contribution is 6.00. The first-order valence-electron chi connectivity index (χ1n) is 32.9. The van der Waals surface area contributed by atoms with Crippen molar-refractivity contribution < 1.29 is 77.0 Å². The zero-order chi connectivity index (χ0) is 64.6. The van der Waals surface area contributed by atoms with Crippen molar-refractivity contribution in [2.45, 2.75) is 189 Å². The molecule has 498 valence electrons. The summed E-state index contributed by atoms with van der Waals surface area (Å²) in [6.07, 6.45) is 9.41. The van der Waals surface area contributed by atoms with Gasteiger partial charge in [-0.05, 0) is 135 Å². The molecule has 31 nitrogen and oxygen atoms in total. The van der Waals surface area contributed by atoms with Crippen molar-refractivity contribution in [3.05, 3.63) is 0 Å². The molecule has 0 aromatic rings. The Labute approximate surface area is 527 Å². The van der Waals surface area contributed by atoms with Crippen LogP contribution in [0.2, 0.25) is 0 Å². The smallest absolute Gasteiger partial charge is 0.322 e. The van der Waals surface area contributed by atoms with Crippen molar-refractivity contribution >= 4 is 88.7 Å². The second-order valence-corrected chi connectivity index (χ2v) is 25.6. The lowest BCUT2D eigenvalue weighted by molar-refractivity contribution is -0.148. The number of carbonyl (C=O) groups excluding carboxylic acids is 14. The maximum atomic E-state index is 14.3. The number of nitrogens with one attached hydrogen (secondary N) is 6. The number of amides is 14. The largest absolute Gasteiger partial charge is 0.480 e. The lowest BCUT2D eigenvalue weighted by atomic mass is 10.1. The SMILES string of the molecule is O=C(O)CNC(=O)[C@@H]1CCCN1C(=O)[C@@H]1CCCN1C(=O)CNC(=O)[C@@H]1CCCN1C(=O)[C@@H]1CCCN1C(=O)CNC(=O)[C@@H]1CCCN1C(=O)[C@@H]1CCCN1C(=O)CNC(=O)[C@@H]1CCCN1C(=O)[C@@H]1CCCN1C(=O)CNC(=O)[C@@H]1CCCN1C(=O)[C@@H]1CCCN1. The number of carboxylic acid groups (broad SMARTS) is 1. The fraction of sp³-hybridized carbons (Fsp3) is 0.750. The van der Waals surface area contributed by atoms with Crippen molar-refractivity contribution in [1.29, 1.82) is 0 Å². The Hall–Kier alpha value is -7.99. The Bertz CT molecular complexity index is 2890. The van der Waals surface area contributed by atoms with Crippen molar-refractivity contribution in [2.24, 2.45) is 0 Å². The van der Waals surface area contributed by atoms with E-state index in [0.29, 0.717) is 129 Å². The molecule has 10 aliphatic rings. The van der Waals surface area contributed by atoms with E-state index in [1.807, 2.05) is 0 Å². The highest BCUT2D eigenvalue weighted by Gasteiger charge is 2.48. The molecule has 10 atom stereocenters. The van der Waals surface area contributed by atoms with Crippen LogP contribution in [0.4, 0.5) is 0 Å². The molecule has 14 amide bonds. The number of likely N-dealkylation sites (tertiary alicyclic amines) is 9.